The molecule has 0 aliphatic heterocycles. The number of anilines is 1. The van der Waals surface area contributed by atoms with Gasteiger partial charge in [0.25, 0.3) is 5.91 Å². The molecule has 0 bridgehead atoms. The summed E-state index contributed by atoms with van der Waals surface area (Å²) in [5.41, 5.74) is 5.97. The second kappa shape index (κ2) is 7.27. The maximum Gasteiger partial charge on any atom is 0.256 e. The Kier molecular flexibility index (Phi) is 4.65. The number of carbonyl (C=O) groups excluding carboxylic acids is 1. The number of nitrogens with zero attached hydrogens (tertiary/aromatic N) is 2. The van der Waals surface area contributed by atoms with E-state index in [-0.39, 0.29) is 11.7 Å². The summed E-state index contributed by atoms with van der Waals surface area (Å²) in [5.74, 6) is 0.516. The highest BCUT2D eigenvalue weighted by atomic mass is 16.3. The van der Waals surface area contributed by atoms with E-state index < -0.39 is 0 Å². The number of carbonyl (C=O) groups is 1. The number of fused-ring (bicyclic) bond motifs is 3. The third-order valence-electron chi connectivity index (χ3n) is 4.66. The summed E-state index contributed by atoms with van der Waals surface area (Å²) in [6.07, 6.45) is 3.41. The predicted octanol–water partition coefficient (Wildman–Crippen LogP) is 4.62. The van der Waals surface area contributed by atoms with Gasteiger partial charge in [0.1, 0.15) is 11.4 Å². The Hall–Kier alpha value is -3.47. The topological polar surface area (TPSA) is 75.1 Å². The average molecular weight is 371 g/mol. The summed E-state index contributed by atoms with van der Waals surface area (Å²) in [5, 5.41) is 12.7. The molecule has 0 radical (unpaired) electrons. The Labute approximate surface area is 163 Å². The van der Waals surface area contributed by atoms with Gasteiger partial charge in [0.15, 0.2) is 5.82 Å². The first kappa shape index (κ1) is 17.9. The highest BCUT2D eigenvalue weighted by Crippen LogP contribution is 2.35. The molecule has 2 aromatic carbocycles. The molecular weight excluding hydrogens is 350 g/mol. The van der Waals surface area contributed by atoms with Crippen LogP contribution in [0.2, 0.25) is 0 Å². The smallest absolute Gasteiger partial charge is 0.256 e. The van der Waals surface area contributed by atoms with Gasteiger partial charge in [0.05, 0.1) is 11.4 Å². The predicted molar refractivity (Wildman–Crippen MR) is 110 cm³/mol. The molecule has 0 spiro atoms. The van der Waals surface area contributed by atoms with Crippen molar-refractivity contribution in [2.45, 2.75) is 26.7 Å². The number of nitrogens with one attached hydrogen (secondary N) is 1. The van der Waals surface area contributed by atoms with E-state index in [9.17, 15) is 9.90 Å². The summed E-state index contributed by atoms with van der Waals surface area (Å²) in [6.45, 7) is 3.96. The summed E-state index contributed by atoms with van der Waals surface area (Å²) in [7, 11) is 0. The second-order valence-corrected chi connectivity index (χ2v) is 7.14. The molecule has 3 aromatic rings. The maximum absolute atomic E-state index is 12.6. The minimum Gasteiger partial charge on any atom is -0.508 e. The van der Waals surface area contributed by atoms with Gasteiger partial charge in [0, 0.05) is 11.1 Å². The molecule has 1 aliphatic rings. The van der Waals surface area contributed by atoms with Gasteiger partial charge in [-0.15, -0.1) is 0 Å². The highest BCUT2D eigenvalue weighted by molar-refractivity contribution is 6.04. The Balaban J connectivity index is 1.79. The number of aromatic hydroxyl groups is 1. The second-order valence-electron chi connectivity index (χ2n) is 7.14. The lowest BCUT2D eigenvalue weighted by Gasteiger charge is -2.20. The Morgan fingerprint density at radius 1 is 1.07 bits per heavy atom. The maximum atomic E-state index is 12.6. The molecule has 0 fully saturated rings. The van der Waals surface area contributed by atoms with Crippen LogP contribution in [0.15, 0.2) is 54.1 Å². The first-order valence-electron chi connectivity index (χ1n) is 9.26. The SMILES string of the molecule is CC(C)=Cc1nc2c(nc1NC(=O)c1ccccc1)CCc1cc(O)ccc1-2. The van der Waals surface area contributed by atoms with Crippen LogP contribution in [-0.2, 0) is 12.8 Å². The number of benzene rings is 2. The van der Waals surface area contributed by atoms with Crippen molar-refractivity contribution in [3.8, 4) is 17.0 Å². The molecule has 0 atom stereocenters. The number of aromatic nitrogens is 2. The van der Waals surface area contributed by atoms with Crippen LogP contribution in [0.5, 0.6) is 5.75 Å². The van der Waals surface area contributed by atoms with E-state index in [0.29, 0.717) is 23.5 Å². The van der Waals surface area contributed by atoms with Crippen LogP contribution in [-0.4, -0.2) is 21.0 Å². The lowest BCUT2D eigenvalue weighted by molar-refractivity contribution is 0.102. The van der Waals surface area contributed by atoms with E-state index in [1.54, 1.807) is 24.3 Å². The van der Waals surface area contributed by atoms with Crippen molar-refractivity contribution in [1.29, 1.82) is 0 Å². The standard InChI is InChI=1S/C23H21N3O2/c1-14(2)12-20-22(26-23(28)15-6-4-3-5-7-15)25-19-11-8-16-13-17(27)9-10-18(16)21(19)24-20/h3-7,9-10,12-13,27H,8,11H2,1-2H3,(H,25,26,28). The molecule has 5 heteroatoms. The van der Waals surface area contributed by atoms with Gasteiger partial charge < -0.3 is 10.4 Å². The van der Waals surface area contributed by atoms with E-state index in [4.69, 9.17) is 9.97 Å². The zero-order valence-electron chi connectivity index (χ0n) is 15.9. The monoisotopic (exact) mass is 371 g/mol. The van der Waals surface area contributed by atoms with Gasteiger partial charge in [-0.05, 0) is 68.7 Å². The van der Waals surface area contributed by atoms with Crippen LogP contribution in [0.3, 0.4) is 0 Å². The summed E-state index contributed by atoms with van der Waals surface area (Å²) in [6, 6.07) is 14.4. The zero-order chi connectivity index (χ0) is 19.7. The van der Waals surface area contributed by atoms with Crippen molar-refractivity contribution in [2.75, 3.05) is 5.32 Å². The molecule has 1 amide bonds. The van der Waals surface area contributed by atoms with Crippen LogP contribution < -0.4 is 5.32 Å². The third-order valence-corrected chi connectivity index (χ3v) is 4.66. The Morgan fingerprint density at radius 3 is 2.61 bits per heavy atom. The molecule has 4 rings (SSSR count). The first-order valence-corrected chi connectivity index (χ1v) is 9.26. The van der Waals surface area contributed by atoms with Gasteiger partial charge in [0.2, 0.25) is 0 Å². The number of amides is 1. The molecule has 0 saturated carbocycles. The fraction of sp³-hybridized carbons (Fsp3) is 0.174. The Bertz CT molecular complexity index is 1080. The molecule has 1 heterocycles. The number of rotatable bonds is 3. The van der Waals surface area contributed by atoms with Gasteiger partial charge in [-0.25, -0.2) is 9.97 Å². The van der Waals surface area contributed by atoms with Crippen LogP contribution in [0, 0.1) is 0 Å². The summed E-state index contributed by atoms with van der Waals surface area (Å²) in [4.78, 5) is 22.2. The van der Waals surface area contributed by atoms with E-state index >= 15 is 0 Å². The molecule has 140 valence electrons. The average Bonchev–Trinajstić information content (AvgIpc) is 2.68. The largest absolute Gasteiger partial charge is 0.508 e. The number of aryl methyl sites for hydroxylation is 2. The van der Waals surface area contributed by atoms with Crippen LogP contribution in [0.1, 0.15) is 41.2 Å². The lowest BCUT2D eigenvalue weighted by Crippen LogP contribution is -2.17. The van der Waals surface area contributed by atoms with E-state index in [1.165, 1.54) is 0 Å². The van der Waals surface area contributed by atoms with Crippen LogP contribution in [0.25, 0.3) is 17.3 Å². The molecule has 1 aromatic heterocycles. The highest BCUT2D eigenvalue weighted by Gasteiger charge is 2.22. The van der Waals surface area contributed by atoms with Crippen molar-refractivity contribution in [2.24, 2.45) is 0 Å². The van der Waals surface area contributed by atoms with Gasteiger partial charge >= 0.3 is 0 Å². The van der Waals surface area contributed by atoms with Crippen molar-refractivity contribution in [1.82, 2.24) is 9.97 Å². The number of hydrogen-bond donors (Lipinski definition) is 2. The zero-order valence-corrected chi connectivity index (χ0v) is 15.9. The molecule has 0 unspecified atom stereocenters. The van der Waals surface area contributed by atoms with Crippen molar-refractivity contribution >= 4 is 17.8 Å². The normalized spacial score (nSPS) is 11.9. The first-order chi connectivity index (χ1) is 13.5. The number of hydrogen-bond acceptors (Lipinski definition) is 4. The summed E-state index contributed by atoms with van der Waals surface area (Å²) >= 11 is 0. The molecule has 1 aliphatic carbocycles. The van der Waals surface area contributed by atoms with Crippen LogP contribution >= 0.6 is 0 Å². The Morgan fingerprint density at radius 2 is 1.86 bits per heavy atom. The number of allylic oxidation sites excluding steroid dienone is 1. The minimum absolute atomic E-state index is 0.209. The van der Waals surface area contributed by atoms with E-state index in [2.05, 4.69) is 5.32 Å². The van der Waals surface area contributed by atoms with Gasteiger partial charge in [-0.3, -0.25) is 4.79 Å². The van der Waals surface area contributed by atoms with Crippen molar-refractivity contribution in [3.63, 3.8) is 0 Å². The molecule has 28 heavy (non-hydrogen) atoms. The lowest BCUT2D eigenvalue weighted by atomic mass is 9.91. The molecule has 0 saturated heterocycles. The minimum atomic E-state index is -0.209. The molecule has 2 N–H and O–H groups in total. The number of phenols is 1. The quantitative estimate of drug-likeness (QED) is 0.704. The fourth-order valence-corrected chi connectivity index (χ4v) is 3.38. The number of phenolic OH excluding ortho intramolecular Hbond substituents is 1. The molecule has 5 nitrogen and oxygen atoms in total. The van der Waals surface area contributed by atoms with Gasteiger partial charge in [-0.2, -0.15) is 0 Å². The van der Waals surface area contributed by atoms with Crippen molar-refractivity contribution in [3.05, 3.63) is 76.6 Å². The van der Waals surface area contributed by atoms with E-state index in [0.717, 1.165) is 34.5 Å². The fourth-order valence-electron chi connectivity index (χ4n) is 3.38. The van der Waals surface area contributed by atoms with Crippen LogP contribution in [0.4, 0.5) is 5.82 Å². The van der Waals surface area contributed by atoms with Gasteiger partial charge in [-0.1, -0.05) is 23.8 Å². The third kappa shape index (κ3) is 3.51. The summed E-state index contributed by atoms with van der Waals surface area (Å²) < 4.78 is 0. The van der Waals surface area contributed by atoms with E-state index in [1.807, 2.05) is 44.2 Å². The molecular formula is C23H21N3O2. The van der Waals surface area contributed by atoms with Crippen molar-refractivity contribution < 1.29 is 9.90 Å².